The first kappa shape index (κ1) is 15.0. The van der Waals surface area contributed by atoms with Gasteiger partial charge in [0.25, 0.3) is 5.69 Å². The van der Waals surface area contributed by atoms with Gasteiger partial charge in [-0.1, -0.05) is 42.5 Å². The molecule has 3 rings (SSSR count). The van der Waals surface area contributed by atoms with E-state index in [4.69, 9.17) is 0 Å². The Bertz CT molecular complexity index is 872. The summed E-state index contributed by atoms with van der Waals surface area (Å²) in [5, 5.41) is 16.5. The first-order valence-corrected chi connectivity index (χ1v) is 7.41. The largest absolute Gasteiger partial charge is 0.363 e. The fraction of sp³-hybridized carbons (Fsp3) is 0.167. The Morgan fingerprint density at radius 3 is 2.65 bits per heavy atom. The summed E-state index contributed by atoms with van der Waals surface area (Å²) >= 11 is 0. The summed E-state index contributed by atoms with van der Waals surface area (Å²) in [4.78, 5) is 14.6. The first-order chi connectivity index (χ1) is 11.1. The Morgan fingerprint density at radius 2 is 1.91 bits per heavy atom. The topological polar surface area (TPSA) is 68.1 Å². The molecule has 1 atom stereocenters. The monoisotopic (exact) mass is 307 g/mol. The molecule has 0 spiro atoms. The fourth-order valence-corrected chi connectivity index (χ4v) is 2.72. The second-order valence-corrected chi connectivity index (χ2v) is 5.55. The maximum Gasteiger partial charge on any atom is 0.287 e. The lowest BCUT2D eigenvalue weighted by atomic mass is 9.99. The minimum Gasteiger partial charge on any atom is -0.363 e. The molecule has 0 aliphatic heterocycles. The van der Waals surface area contributed by atoms with E-state index >= 15 is 0 Å². The lowest BCUT2D eigenvalue weighted by Gasteiger charge is -2.18. The number of nitrogens with zero attached hydrogens (tertiary/aromatic N) is 2. The van der Waals surface area contributed by atoms with Gasteiger partial charge in [0.05, 0.1) is 11.0 Å². The minimum atomic E-state index is -0.433. The SMILES string of the molecule is Cc1cc([N+](=O)[O-])cnc1N[C@@H](C)c1cccc2ccccc12. The summed E-state index contributed by atoms with van der Waals surface area (Å²) in [5.74, 6) is 0.663. The number of nitro groups is 1. The summed E-state index contributed by atoms with van der Waals surface area (Å²) in [6, 6.07) is 16.0. The highest BCUT2D eigenvalue weighted by atomic mass is 16.6. The molecule has 5 heteroatoms. The Kier molecular flexibility index (Phi) is 3.93. The standard InChI is InChI=1S/C18H17N3O2/c1-12-10-15(21(22)23)11-19-18(12)20-13(2)16-9-5-7-14-6-3-4-8-17(14)16/h3-11,13H,1-2H3,(H,19,20)/t13-/m0/s1. The molecule has 0 bridgehead atoms. The number of pyridine rings is 1. The number of benzene rings is 2. The van der Waals surface area contributed by atoms with E-state index in [9.17, 15) is 10.1 Å². The zero-order valence-corrected chi connectivity index (χ0v) is 13.0. The average molecular weight is 307 g/mol. The lowest BCUT2D eigenvalue weighted by Crippen LogP contribution is -2.10. The number of fused-ring (bicyclic) bond motifs is 1. The van der Waals surface area contributed by atoms with Gasteiger partial charge in [-0.3, -0.25) is 10.1 Å². The molecule has 1 aromatic heterocycles. The fourth-order valence-electron chi connectivity index (χ4n) is 2.72. The van der Waals surface area contributed by atoms with E-state index in [1.807, 2.05) is 25.1 Å². The van der Waals surface area contributed by atoms with Crippen molar-refractivity contribution in [2.24, 2.45) is 0 Å². The third-order valence-electron chi connectivity index (χ3n) is 3.92. The van der Waals surface area contributed by atoms with Crippen molar-refractivity contribution in [3.63, 3.8) is 0 Å². The van der Waals surface area contributed by atoms with Crippen LogP contribution in [0.5, 0.6) is 0 Å². The highest BCUT2D eigenvalue weighted by Gasteiger charge is 2.13. The van der Waals surface area contributed by atoms with E-state index < -0.39 is 4.92 Å². The van der Waals surface area contributed by atoms with E-state index in [1.54, 1.807) is 0 Å². The van der Waals surface area contributed by atoms with Gasteiger partial charge in [-0.15, -0.1) is 0 Å². The number of aromatic nitrogens is 1. The molecular weight excluding hydrogens is 290 g/mol. The van der Waals surface area contributed by atoms with Crippen LogP contribution in [0.4, 0.5) is 11.5 Å². The molecule has 0 saturated heterocycles. The van der Waals surface area contributed by atoms with Gasteiger partial charge < -0.3 is 5.32 Å². The maximum absolute atomic E-state index is 10.8. The highest BCUT2D eigenvalue weighted by Crippen LogP contribution is 2.28. The van der Waals surface area contributed by atoms with Crippen LogP contribution in [0, 0.1) is 17.0 Å². The van der Waals surface area contributed by atoms with Crippen LogP contribution in [0.1, 0.15) is 24.1 Å². The summed E-state index contributed by atoms with van der Waals surface area (Å²) in [5.41, 5.74) is 1.93. The van der Waals surface area contributed by atoms with Crippen molar-refractivity contribution in [3.05, 3.63) is 76.0 Å². The Labute approximate surface area is 134 Å². The third kappa shape index (κ3) is 2.99. The van der Waals surface area contributed by atoms with Crippen molar-refractivity contribution < 1.29 is 4.92 Å². The molecule has 0 radical (unpaired) electrons. The molecule has 23 heavy (non-hydrogen) atoms. The van der Waals surface area contributed by atoms with Crippen molar-refractivity contribution in [1.29, 1.82) is 0 Å². The molecule has 0 fully saturated rings. The summed E-state index contributed by atoms with van der Waals surface area (Å²) in [6.45, 7) is 3.88. The van der Waals surface area contributed by atoms with Crippen LogP contribution >= 0.6 is 0 Å². The van der Waals surface area contributed by atoms with Crippen LogP contribution in [-0.2, 0) is 0 Å². The van der Waals surface area contributed by atoms with Crippen LogP contribution in [0.25, 0.3) is 10.8 Å². The highest BCUT2D eigenvalue weighted by molar-refractivity contribution is 5.86. The van der Waals surface area contributed by atoms with Crippen molar-refractivity contribution in [2.75, 3.05) is 5.32 Å². The quantitative estimate of drug-likeness (QED) is 0.564. The zero-order valence-electron chi connectivity index (χ0n) is 13.0. The van der Waals surface area contributed by atoms with E-state index in [-0.39, 0.29) is 11.7 Å². The smallest absolute Gasteiger partial charge is 0.287 e. The predicted molar refractivity (Wildman–Crippen MR) is 91.6 cm³/mol. The van der Waals surface area contributed by atoms with Gasteiger partial charge >= 0.3 is 0 Å². The van der Waals surface area contributed by atoms with Crippen molar-refractivity contribution in [3.8, 4) is 0 Å². The summed E-state index contributed by atoms with van der Waals surface area (Å²) < 4.78 is 0. The van der Waals surface area contributed by atoms with Gasteiger partial charge in [-0.2, -0.15) is 0 Å². The maximum atomic E-state index is 10.8. The molecule has 0 unspecified atom stereocenters. The molecular formula is C18H17N3O2. The molecule has 0 saturated carbocycles. The van der Waals surface area contributed by atoms with Gasteiger partial charge in [0.1, 0.15) is 12.0 Å². The van der Waals surface area contributed by atoms with Crippen molar-refractivity contribution in [1.82, 2.24) is 4.98 Å². The number of aryl methyl sites for hydroxylation is 1. The van der Waals surface area contributed by atoms with Gasteiger partial charge in [-0.25, -0.2) is 4.98 Å². The molecule has 2 aromatic carbocycles. The molecule has 0 aliphatic carbocycles. The van der Waals surface area contributed by atoms with Crippen LogP contribution in [-0.4, -0.2) is 9.91 Å². The second-order valence-electron chi connectivity index (χ2n) is 5.55. The molecule has 5 nitrogen and oxygen atoms in total. The number of rotatable bonds is 4. The zero-order chi connectivity index (χ0) is 16.4. The van der Waals surface area contributed by atoms with Crippen LogP contribution < -0.4 is 5.32 Å². The van der Waals surface area contributed by atoms with Crippen molar-refractivity contribution >= 4 is 22.3 Å². The van der Waals surface area contributed by atoms with E-state index in [0.29, 0.717) is 5.82 Å². The van der Waals surface area contributed by atoms with Gasteiger partial charge in [-0.05, 0) is 35.7 Å². The number of nitrogens with one attached hydrogen (secondary N) is 1. The van der Waals surface area contributed by atoms with E-state index in [1.165, 1.54) is 28.6 Å². The van der Waals surface area contributed by atoms with Crippen LogP contribution in [0.3, 0.4) is 0 Å². The van der Waals surface area contributed by atoms with Gasteiger partial charge in [0.2, 0.25) is 0 Å². The van der Waals surface area contributed by atoms with E-state index in [2.05, 4.69) is 41.5 Å². The molecule has 116 valence electrons. The summed E-state index contributed by atoms with van der Waals surface area (Å²) in [6.07, 6.45) is 1.28. The minimum absolute atomic E-state index is 0.00543. The molecule has 3 aromatic rings. The van der Waals surface area contributed by atoms with Crippen LogP contribution in [0.15, 0.2) is 54.7 Å². The van der Waals surface area contributed by atoms with E-state index in [0.717, 1.165) is 5.56 Å². The number of anilines is 1. The summed E-state index contributed by atoms with van der Waals surface area (Å²) in [7, 11) is 0. The predicted octanol–water partition coefficient (Wildman–Crippen LogP) is 4.62. The Hall–Kier alpha value is -2.95. The lowest BCUT2D eigenvalue weighted by molar-refractivity contribution is -0.385. The molecule has 0 amide bonds. The Balaban J connectivity index is 1.92. The van der Waals surface area contributed by atoms with Gasteiger partial charge in [0, 0.05) is 6.07 Å². The second kappa shape index (κ2) is 6.04. The number of hydrogen-bond donors (Lipinski definition) is 1. The normalized spacial score (nSPS) is 12.1. The number of hydrogen-bond acceptors (Lipinski definition) is 4. The van der Waals surface area contributed by atoms with Crippen LogP contribution in [0.2, 0.25) is 0 Å². The van der Waals surface area contributed by atoms with Gasteiger partial charge in [0.15, 0.2) is 0 Å². The third-order valence-corrected chi connectivity index (χ3v) is 3.92. The molecule has 1 N–H and O–H groups in total. The first-order valence-electron chi connectivity index (χ1n) is 7.41. The molecule has 1 heterocycles. The molecule has 0 aliphatic rings. The average Bonchev–Trinajstić information content (AvgIpc) is 2.56. The Morgan fingerprint density at radius 1 is 1.17 bits per heavy atom. The van der Waals surface area contributed by atoms with Crippen molar-refractivity contribution in [2.45, 2.75) is 19.9 Å².